The van der Waals surface area contributed by atoms with E-state index < -0.39 is 0 Å². The summed E-state index contributed by atoms with van der Waals surface area (Å²) in [4.78, 5) is 2.03. The highest BCUT2D eigenvalue weighted by Gasteiger charge is 2.30. The molecule has 0 spiro atoms. The number of nitriles is 1. The quantitative estimate of drug-likeness (QED) is 0.498. The highest BCUT2D eigenvalue weighted by Crippen LogP contribution is 2.42. The first-order chi connectivity index (χ1) is 12.7. The lowest BCUT2D eigenvalue weighted by Crippen LogP contribution is -2.25. The molecule has 0 aliphatic heterocycles. The van der Waals surface area contributed by atoms with Gasteiger partial charge in [0.1, 0.15) is 11.9 Å². The average molecular weight is 418 g/mol. The molecule has 2 aliphatic carbocycles. The second kappa shape index (κ2) is 9.70. The molecule has 26 heavy (non-hydrogen) atoms. The molecule has 140 valence electrons. The van der Waals surface area contributed by atoms with Crippen LogP contribution in [0, 0.1) is 40.8 Å². The summed E-state index contributed by atoms with van der Waals surface area (Å²) in [7, 11) is 0. The lowest BCUT2D eigenvalue weighted by Gasteiger charge is -2.37. The number of allylic oxidation sites excluding steroid dienone is 1. The molecule has 1 nitrogen and oxygen atoms in total. The molecular formula is C23H29BrFN. The largest absolute Gasteiger partial charge is 0.206 e. The van der Waals surface area contributed by atoms with Gasteiger partial charge in [0.15, 0.2) is 0 Å². The third-order valence-electron chi connectivity index (χ3n) is 6.71. The summed E-state index contributed by atoms with van der Waals surface area (Å²) in [6.07, 6.45) is 15.4. The van der Waals surface area contributed by atoms with Gasteiger partial charge in [-0.1, -0.05) is 40.9 Å². The minimum absolute atomic E-state index is 0.149. The Labute approximate surface area is 165 Å². The number of aryl methyl sites for hydroxylation is 1. The summed E-state index contributed by atoms with van der Waals surface area (Å²) in [5, 5.41) is 8.82. The van der Waals surface area contributed by atoms with Gasteiger partial charge in [0.2, 0.25) is 0 Å². The SMILES string of the molecule is N#Cc1ccc(CCC2CCC(C3CCC(/C=C/Br)CC3)CC2)cc1F. The fraction of sp³-hybridized carbons (Fsp3) is 0.609. The van der Waals surface area contributed by atoms with Crippen molar-refractivity contribution >= 4 is 15.9 Å². The van der Waals surface area contributed by atoms with Crippen LogP contribution >= 0.6 is 15.9 Å². The first-order valence-electron chi connectivity index (χ1n) is 10.1. The summed E-state index contributed by atoms with van der Waals surface area (Å²) < 4.78 is 13.7. The van der Waals surface area contributed by atoms with Crippen LogP contribution in [0.25, 0.3) is 0 Å². The third-order valence-corrected chi connectivity index (χ3v) is 7.02. The Balaban J connectivity index is 1.40. The Bertz CT molecular complexity index is 647. The molecule has 2 fully saturated rings. The standard InChI is InChI=1S/C23H29BrFN/c24-14-13-18-5-10-21(11-6-18)20-8-3-17(4-9-20)1-2-19-7-12-22(16-26)23(25)15-19/h7,12-15,17-18,20-21H,1-6,8-11H2/b14-13+. The predicted molar refractivity (Wildman–Crippen MR) is 108 cm³/mol. The second-order valence-corrected chi connectivity index (χ2v) is 8.77. The van der Waals surface area contributed by atoms with Gasteiger partial charge in [-0.05, 0) is 97.7 Å². The molecule has 0 unspecified atom stereocenters. The maximum atomic E-state index is 13.7. The Morgan fingerprint density at radius 1 is 1.04 bits per heavy atom. The summed E-state index contributed by atoms with van der Waals surface area (Å²) in [6, 6.07) is 6.96. The van der Waals surface area contributed by atoms with Gasteiger partial charge in [-0.25, -0.2) is 4.39 Å². The summed E-state index contributed by atoms with van der Waals surface area (Å²) in [5.74, 6) is 3.09. The summed E-state index contributed by atoms with van der Waals surface area (Å²) in [5.41, 5.74) is 1.18. The zero-order valence-corrected chi connectivity index (χ0v) is 17.1. The van der Waals surface area contributed by atoms with E-state index in [2.05, 4.69) is 22.0 Å². The van der Waals surface area contributed by atoms with Gasteiger partial charge in [0, 0.05) is 0 Å². The molecule has 3 rings (SSSR count). The number of hydrogen-bond donors (Lipinski definition) is 0. The van der Waals surface area contributed by atoms with Crippen molar-refractivity contribution in [2.45, 2.75) is 64.2 Å². The number of benzene rings is 1. The second-order valence-electron chi connectivity index (χ2n) is 8.24. The summed E-state index contributed by atoms with van der Waals surface area (Å²) >= 11 is 3.41. The van der Waals surface area contributed by atoms with Crippen LogP contribution in [-0.2, 0) is 6.42 Å². The minimum Gasteiger partial charge on any atom is -0.206 e. The van der Waals surface area contributed by atoms with Gasteiger partial charge in [-0.15, -0.1) is 0 Å². The van der Waals surface area contributed by atoms with Crippen molar-refractivity contribution in [3.05, 3.63) is 46.2 Å². The van der Waals surface area contributed by atoms with E-state index in [-0.39, 0.29) is 11.4 Å². The van der Waals surface area contributed by atoms with Crippen molar-refractivity contribution in [2.24, 2.45) is 23.7 Å². The Morgan fingerprint density at radius 3 is 2.27 bits per heavy atom. The van der Waals surface area contributed by atoms with Crippen molar-refractivity contribution in [3.63, 3.8) is 0 Å². The van der Waals surface area contributed by atoms with Crippen LogP contribution in [0.5, 0.6) is 0 Å². The molecule has 0 heterocycles. The van der Waals surface area contributed by atoms with Crippen LogP contribution < -0.4 is 0 Å². The fourth-order valence-electron chi connectivity index (χ4n) is 5.04. The molecule has 0 saturated heterocycles. The maximum absolute atomic E-state index is 13.7. The van der Waals surface area contributed by atoms with Crippen molar-refractivity contribution in [1.82, 2.24) is 0 Å². The molecular weight excluding hydrogens is 389 g/mol. The fourth-order valence-corrected chi connectivity index (χ4v) is 5.47. The molecule has 0 aromatic heterocycles. The van der Waals surface area contributed by atoms with Crippen LogP contribution in [0.2, 0.25) is 0 Å². The number of halogens is 2. The molecule has 2 saturated carbocycles. The van der Waals surface area contributed by atoms with E-state index in [1.54, 1.807) is 12.1 Å². The molecule has 1 aromatic rings. The zero-order chi connectivity index (χ0) is 18.4. The zero-order valence-electron chi connectivity index (χ0n) is 15.5. The highest BCUT2D eigenvalue weighted by atomic mass is 79.9. The van der Waals surface area contributed by atoms with Crippen molar-refractivity contribution in [3.8, 4) is 6.07 Å². The molecule has 0 N–H and O–H groups in total. The topological polar surface area (TPSA) is 23.8 Å². The monoisotopic (exact) mass is 417 g/mol. The third kappa shape index (κ3) is 5.19. The lowest BCUT2D eigenvalue weighted by atomic mass is 9.68. The van der Waals surface area contributed by atoms with E-state index >= 15 is 0 Å². The van der Waals surface area contributed by atoms with E-state index in [0.29, 0.717) is 0 Å². The van der Waals surface area contributed by atoms with Gasteiger partial charge < -0.3 is 0 Å². The highest BCUT2D eigenvalue weighted by molar-refractivity contribution is 9.11. The first kappa shape index (κ1) is 19.6. The van der Waals surface area contributed by atoms with Crippen molar-refractivity contribution in [1.29, 1.82) is 5.26 Å². The number of nitrogens with zero attached hydrogens (tertiary/aromatic N) is 1. The number of hydrogen-bond acceptors (Lipinski definition) is 1. The average Bonchev–Trinajstić information content (AvgIpc) is 2.68. The lowest BCUT2D eigenvalue weighted by molar-refractivity contribution is 0.153. The van der Waals surface area contributed by atoms with Crippen molar-refractivity contribution in [2.75, 3.05) is 0 Å². The van der Waals surface area contributed by atoms with E-state index in [1.165, 1.54) is 51.4 Å². The van der Waals surface area contributed by atoms with E-state index in [4.69, 9.17) is 5.26 Å². The van der Waals surface area contributed by atoms with Crippen molar-refractivity contribution < 1.29 is 4.39 Å². The molecule has 0 radical (unpaired) electrons. The van der Waals surface area contributed by atoms with Crippen LogP contribution in [0.3, 0.4) is 0 Å². The van der Waals surface area contributed by atoms with E-state index in [9.17, 15) is 4.39 Å². The van der Waals surface area contributed by atoms with E-state index in [0.717, 1.165) is 42.1 Å². The van der Waals surface area contributed by atoms with Crippen LogP contribution in [0.15, 0.2) is 29.3 Å². The van der Waals surface area contributed by atoms with Crippen LogP contribution in [0.4, 0.5) is 4.39 Å². The Hall–Kier alpha value is -1.14. The molecule has 0 atom stereocenters. The Kier molecular flexibility index (Phi) is 7.32. The smallest absolute Gasteiger partial charge is 0.141 e. The predicted octanol–water partition coefficient (Wildman–Crippen LogP) is 7.15. The molecule has 0 bridgehead atoms. The normalized spacial score (nSPS) is 29.6. The summed E-state index contributed by atoms with van der Waals surface area (Å²) in [6.45, 7) is 0. The number of rotatable bonds is 5. The van der Waals surface area contributed by atoms with Crippen LogP contribution in [-0.4, -0.2) is 0 Å². The molecule has 0 amide bonds. The Morgan fingerprint density at radius 2 is 1.69 bits per heavy atom. The van der Waals surface area contributed by atoms with Gasteiger partial charge in [-0.2, -0.15) is 5.26 Å². The van der Waals surface area contributed by atoms with Gasteiger partial charge in [0.05, 0.1) is 5.56 Å². The van der Waals surface area contributed by atoms with Gasteiger partial charge >= 0.3 is 0 Å². The van der Waals surface area contributed by atoms with Gasteiger partial charge in [-0.3, -0.25) is 0 Å². The molecule has 2 aliphatic rings. The maximum Gasteiger partial charge on any atom is 0.141 e. The minimum atomic E-state index is -0.376. The molecule has 1 aromatic carbocycles. The van der Waals surface area contributed by atoms with E-state index in [1.807, 2.05) is 17.1 Å². The first-order valence-corrected chi connectivity index (χ1v) is 11.1. The molecule has 3 heteroatoms. The van der Waals surface area contributed by atoms with Crippen LogP contribution in [0.1, 0.15) is 68.9 Å². The van der Waals surface area contributed by atoms with Gasteiger partial charge in [0.25, 0.3) is 0 Å².